The molecule has 25 heavy (non-hydrogen) atoms. The van der Waals surface area contributed by atoms with Gasteiger partial charge < -0.3 is 10.0 Å². The van der Waals surface area contributed by atoms with Crippen LogP contribution in [0.15, 0.2) is 6.07 Å². The summed E-state index contributed by atoms with van der Waals surface area (Å²) in [7, 11) is 0. The molecule has 0 bridgehead atoms. The van der Waals surface area contributed by atoms with Gasteiger partial charge in [0, 0.05) is 48.3 Å². The van der Waals surface area contributed by atoms with Crippen LogP contribution in [0.1, 0.15) is 34.8 Å². The Hall–Kier alpha value is -2.28. The Balaban J connectivity index is 1.84. The van der Waals surface area contributed by atoms with E-state index in [0.29, 0.717) is 18.9 Å². The summed E-state index contributed by atoms with van der Waals surface area (Å²) in [5.41, 5.74) is 4.43. The second kappa shape index (κ2) is 6.92. The number of carbonyl (C=O) groups excluding carboxylic acids is 1. The van der Waals surface area contributed by atoms with Crippen LogP contribution in [0, 0.1) is 33.6 Å². The van der Waals surface area contributed by atoms with Crippen molar-refractivity contribution in [1.29, 1.82) is 0 Å². The van der Waals surface area contributed by atoms with E-state index in [0.717, 1.165) is 41.3 Å². The first kappa shape index (κ1) is 17.5. The number of rotatable bonds is 4. The van der Waals surface area contributed by atoms with Gasteiger partial charge in [0.05, 0.1) is 12.1 Å². The highest BCUT2D eigenvalue weighted by Crippen LogP contribution is 2.21. The largest absolute Gasteiger partial charge is 0.396 e. The fourth-order valence-electron chi connectivity index (χ4n) is 3.40. The third-order valence-corrected chi connectivity index (χ3v) is 4.83. The average Bonchev–Trinajstić information content (AvgIpc) is 3.14. The van der Waals surface area contributed by atoms with Crippen LogP contribution < -0.4 is 0 Å². The van der Waals surface area contributed by atoms with E-state index in [2.05, 4.69) is 15.1 Å². The van der Waals surface area contributed by atoms with Crippen molar-refractivity contribution in [2.45, 2.75) is 40.5 Å². The number of aliphatic hydroxyl groups excluding tert-OH is 1. The van der Waals surface area contributed by atoms with Crippen LogP contribution in [0.3, 0.4) is 0 Å². The second-order valence-electron chi connectivity index (χ2n) is 6.87. The highest BCUT2D eigenvalue weighted by atomic mass is 16.3. The standard InChI is InChI=1S/C18H25N5O2/c1-11-7-12(2)20-18(19-11)23-14(4)16(13(3)21-23)8-17(25)22-6-5-15(9-22)10-24/h7,15,24H,5-6,8-10H2,1-4H3. The van der Waals surface area contributed by atoms with E-state index in [1.165, 1.54) is 0 Å². The van der Waals surface area contributed by atoms with E-state index in [1.807, 2.05) is 38.7 Å². The maximum absolute atomic E-state index is 12.6. The van der Waals surface area contributed by atoms with Crippen molar-refractivity contribution >= 4 is 5.91 Å². The molecule has 2 aromatic rings. The minimum absolute atomic E-state index is 0.0861. The van der Waals surface area contributed by atoms with Gasteiger partial charge in [-0.1, -0.05) is 0 Å². The fourth-order valence-corrected chi connectivity index (χ4v) is 3.40. The number of nitrogens with zero attached hydrogens (tertiary/aromatic N) is 5. The lowest BCUT2D eigenvalue weighted by atomic mass is 10.1. The summed E-state index contributed by atoms with van der Waals surface area (Å²) in [4.78, 5) is 23.4. The van der Waals surface area contributed by atoms with E-state index in [4.69, 9.17) is 0 Å². The highest BCUT2D eigenvalue weighted by molar-refractivity contribution is 5.79. The number of carbonyl (C=O) groups is 1. The summed E-state index contributed by atoms with van der Waals surface area (Å²) in [6.07, 6.45) is 1.19. The number of likely N-dealkylation sites (tertiary alicyclic amines) is 1. The lowest BCUT2D eigenvalue weighted by molar-refractivity contribution is -0.129. The minimum Gasteiger partial charge on any atom is -0.396 e. The van der Waals surface area contributed by atoms with Gasteiger partial charge in [-0.3, -0.25) is 4.79 Å². The zero-order valence-electron chi connectivity index (χ0n) is 15.3. The van der Waals surface area contributed by atoms with Crippen molar-refractivity contribution in [1.82, 2.24) is 24.6 Å². The van der Waals surface area contributed by atoms with Crippen molar-refractivity contribution in [3.05, 3.63) is 34.4 Å². The molecule has 2 aromatic heterocycles. The van der Waals surface area contributed by atoms with Gasteiger partial charge in [0.2, 0.25) is 5.91 Å². The van der Waals surface area contributed by atoms with Gasteiger partial charge in [-0.25, -0.2) is 14.6 Å². The molecule has 7 nitrogen and oxygen atoms in total. The quantitative estimate of drug-likeness (QED) is 0.904. The Morgan fingerprint density at radius 1 is 1.24 bits per heavy atom. The van der Waals surface area contributed by atoms with Crippen molar-refractivity contribution in [2.24, 2.45) is 5.92 Å². The molecule has 1 aliphatic heterocycles. The van der Waals surface area contributed by atoms with Crippen LogP contribution in [0.4, 0.5) is 0 Å². The molecular formula is C18H25N5O2. The monoisotopic (exact) mass is 343 g/mol. The zero-order valence-corrected chi connectivity index (χ0v) is 15.3. The molecule has 0 aromatic carbocycles. The molecule has 1 unspecified atom stereocenters. The van der Waals surface area contributed by atoms with E-state index < -0.39 is 0 Å². The minimum atomic E-state index is 0.0861. The molecule has 3 heterocycles. The Kier molecular flexibility index (Phi) is 4.85. The van der Waals surface area contributed by atoms with Crippen LogP contribution in [0.5, 0.6) is 0 Å². The van der Waals surface area contributed by atoms with Gasteiger partial charge in [-0.05, 0) is 40.2 Å². The first-order chi connectivity index (χ1) is 11.9. The van der Waals surface area contributed by atoms with Crippen molar-refractivity contribution < 1.29 is 9.90 Å². The molecule has 1 N–H and O–H groups in total. The SMILES string of the molecule is Cc1cc(C)nc(-n2nc(C)c(CC(=O)N3CCC(CO)C3)c2C)n1. The van der Waals surface area contributed by atoms with Crippen LogP contribution >= 0.6 is 0 Å². The maximum Gasteiger partial charge on any atom is 0.251 e. The predicted octanol–water partition coefficient (Wildman–Crippen LogP) is 1.28. The summed E-state index contributed by atoms with van der Waals surface area (Å²) >= 11 is 0. The lowest BCUT2D eigenvalue weighted by Crippen LogP contribution is -2.30. The second-order valence-corrected chi connectivity index (χ2v) is 6.87. The fraction of sp³-hybridized carbons (Fsp3) is 0.556. The summed E-state index contributed by atoms with van der Waals surface area (Å²) in [6.45, 7) is 9.22. The van der Waals surface area contributed by atoms with Gasteiger partial charge in [-0.2, -0.15) is 5.10 Å². The summed E-state index contributed by atoms with van der Waals surface area (Å²) in [6, 6.07) is 1.92. The van der Waals surface area contributed by atoms with E-state index >= 15 is 0 Å². The van der Waals surface area contributed by atoms with Crippen LogP contribution in [-0.2, 0) is 11.2 Å². The molecule has 7 heteroatoms. The zero-order chi connectivity index (χ0) is 18.1. The number of amides is 1. The normalized spacial score (nSPS) is 17.3. The third kappa shape index (κ3) is 3.56. The van der Waals surface area contributed by atoms with Gasteiger partial charge >= 0.3 is 0 Å². The molecule has 0 aliphatic carbocycles. The number of aryl methyl sites for hydroxylation is 3. The number of hydrogen-bond donors (Lipinski definition) is 1. The van der Waals surface area contributed by atoms with E-state index in [-0.39, 0.29) is 18.4 Å². The van der Waals surface area contributed by atoms with Crippen molar-refractivity contribution in [3.63, 3.8) is 0 Å². The molecule has 1 aliphatic rings. The van der Waals surface area contributed by atoms with Gasteiger partial charge in [-0.15, -0.1) is 0 Å². The highest BCUT2D eigenvalue weighted by Gasteiger charge is 2.27. The van der Waals surface area contributed by atoms with Crippen molar-refractivity contribution in [2.75, 3.05) is 19.7 Å². The number of aliphatic hydroxyl groups is 1. The molecule has 0 spiro atoms. The summed E-state index contributed by atoms with van der Waals surface area (Å²) < 4.78 is 1.72. The lowest BCUT2D eigenvalue weighted by Gasteiger charge is -2.16. The Labute approximate surface area is 147 Å². The third-order valence-electron chi connectivity index (χ3n) is 4.83. The Morgan fingerprint density at radius 2 is 1.92 bits per heavy atom. The van der Waals surface area contributed by atoms with E-state index in [1.54, 1.807) is 4.68 Å². The molecule has 1 saturated heterocycles. The van der Waals surface area contributed by atoms with E-state index in [9.17, 15) is 9.90 Å². The first-order valence-electron chi connectivity index (χ1n) is 8.65. The predicted molar refractivity (Wildman–Crippen MR) is 93.6 cm³/mol. The topological polar surface area (TPSA) is 84.1 Å². The molecule has 0 radical (unpaired) electrons. The van der Waals surface area contributed by atoms with Crippen LogP contribution in [-0.4, -0.2) is 55.4 Å². The van der Waals surface area contributed by atoms with Gasteiger partial charge in [0.1, 0.15) is 0 Å². The molecule has 0 saturated carbocycles. The van der Waals surface area contributed by atoms with Crippen LogP contribution in [0.25, 0.3) is 5.95 Å². The Bertz CT molecular complexity index is 779. The number of hydrogen-bond acceptors (Lipinski definition) is 5. The smallest absolute Gasteiger partial charge is 0.251 e. The summed E-state index contributed by atoms with van der Waals surface area (Å²) in [5.74, 6) is 0.832. The van der Waals surface area contributed by atoms with Crippen molar-refractivity contribution in [3.8, 4) is 5.95 Å². The van der Waals surface area contributed by atoms with Gasteiger partial charge in [0.15, 0.2) is 0 Å². The molecular weight excluding hydrogens is 318 g/mol. The first-order valence-corrected chi connectivity index (χ1v) is 8.65. The summed E-state index contributed by atoms with van der Waals surface area (Å²) in [5, 5.41) is 13.8. The molecule has 134 valence electrons. The number of aromatic nitrogens is 4. The van der Waals surface area contributed by atoms with Crippen LogP contribution in [0.2, 0.25) is 0 Å². The van der Waals surface area contributed by atoms with Gasteiger partial charge in [0.25, 0.3) is 5.95 Å². The molecule has 1 fully saturated rings. The Morgan fingerprint density at radius 3 is 2.52 bits per heavy atom. The average molecular weight is 343 g/mol. The maximum atomic E-state index is 12.6. The molecule has 1 atom stereocenters. The molecule has 3 rings (SSSR count). The molecule has 1 amide bonds.